The summed E-state index contributed by atoms with van der Waals surface area (Å²) in [6, 6.07) is 12.5. The highest BCUT2D eigenvalue weighted by molar-refractivity contribution is 6.42. The maximum atomic E-state index is 10.9. The van der Waals surface area contributed by atoms with Crippen molar-refractivity contribution in [3.63, 3.8) is 0 Å². The Labute approximate surface area is 150 Å². The predicted octanol–water partition coefficient (Wildman–Crippen LogP) is 5.12. The van der Waals surface area contributed by atoms with E-state index in [-0.39, 0.29) is 6.42 Å². The minimum Gasteiger partial charge on any atom is -0.489 e. The number of aliphatic carboxylic acids is 1. The van der Waals surface area contributed by atoms with Crippen molar-refractivity contribution in [1.29, 1.82) is 0 Å². The lowest BCUT2D eigenvalue weighted by atomic mass is 10.1. The van der Waals surface area contributed by atoms with E-state index in [4.69, 9.17) is 37.8 Å². The van der Waals surface area contributed by atoms with Crippen molar-refractivity contribution in [3.8, 4) is 5.75 Å². The van der Waals surface area contributed by atoms with Crippen LogP contribution in [-0.4, -0.2) is 17.7 Å². The van der Waals surface area contributed by atoms with E-state index in [1.807, 2.05) is 25.1 Å². The number of hydrogen-bond acceptors (Lipinski definition) is 3. The van der Waals surface area contributed by atoms with Crippen molar-refractivity contribution in [2.45, 2.75) is 26.1 Å². The first-order valence-electron chi connectivity index (χ1n) is 7.49. The number of rotatable bonds is 8. The second-order valence-corrected chi connectivity index (χ2v) is 5.96. The molecule has 0 aliphatic carbocycles. The fourth-order valence-corrected chi connectivity index (χ4v) is 2.53. The minimum atomic E-state index is -0.895. The Morgan fingerprint density at radius 1 is 1.12 bits per heavy atom. The number of benzene rings is 2. The molecule has 0 aromatic heterocycles. The van der Waals surface area contributed by atoms with Crippen LogP contribution < -0.4 is 4.74 Å². The number of halogens is 2. The molecule has 0 radical (unpaired) electrons. The van der Waals surface area contributed by atoms with Crippen molar-refractivity contribution in [2.24, 2.45) is 0 Å². The molecular weight excluding hydrogens is 351 g/mol. The molecule has 1 atom stereocenters. The summed E-state index contributed by atoms with van der Waals surface area (Å²) in [5.74, 6) is -0.219. The highest BCUT2D eigenvalue weighted by atomic mass is 35.5. The molecule has 1 N–H and O–H groups in total. The van der Waals surface area contributed by atoms with Gasteiger partial charge in [0.1, 0.15) is 12.4 Å². The second kappa shape index (κ2) is 8.92. The van der Waals surface area contributed by atoms with Gasteiger partial charge in [-0.1, -0.05) is 41.4 Å². The summed E-state index contributed by atoms with van der Waals surface area (Å²) >= 11 is 11.9. The Morgan fingerprint density at radius 3 is 2.42 bits per heavy atom. The van der Waals surface area contributed by atoms with Crippen LogP contribution in [0.2, 0.25) is 10.0 Å². The van der Waals surface area contributed by atoms with Crippen LogP contribution in [0, 0.1) is 0 Å². The van der Waals surface area contributed by atoms with Gasteiger partial charge in [0.2, 0.25) is 0 Å². The Bertz CT molecular complexity index is 686. The second-order valence-electron chi connectivity index (χ2n) is 5.15. The number of carbonyl (C=O) groups is 1. The maximum Gasteiger partial charge on any atom is 0.306 e. The van der Waals surface area contributed by atoms with Crippen molar-refractivity contribution >= 4 is 29.2 Å². The van der Waals surface area contributed by atoms with Gasteiger partial charge in [0.05, 0.1) is 22.6 Å². The Morgan fingerprint density at radius 2 is 1.83 bits per heavy atom. The zero-order chi connectivity index (χ0) is 17.5. The van der Waals surface area contributed by atoms with Gasteiger partial charge in [-0.3, -0.25) is 4.79 Å². The summed E-state index contributed by atoms with van der Waals surface area (Å²) < 4.78 is 11.2. The van der Waals surface area contributed by atoms with Gasteiger partial charge >= 0.3 is 5.97 Å². The van der Waals surface area contributed by atoms with Crippen LogP contribution in [0.25, 0.3) is 0 Å². The number of carboxylic acids is 1. The van der Waals surface area contributed by atoms with Crippen LogP contribution in [0.1, 0.15) is 30.6 Å². The van der Waals surface area contributed by atoms with E-state index in [9.17, 15) is 4.79 Å². The van der Waals surface area contributed by atoms with Gasteiger partial charge in [-0.2, -0.15) is 0 Å². The molecule has 24 heavy (non-hydrogen) atoms. The van der Waals surface area contributed by atoms with Gasteiger partial charge in [0.25, 0.3) is 0 Å². The lowest BCUT2D eigenvalue weighted by Gasteiger charge is -2.16. The molecule has 0 saturated carbocycles. The van der Waals surface area contributed by atoms with Crippen molar-refractivity contribution in [1.82, 2.24) is 0 Å². The normalized spacial score (nSPS) is 12.0. The minimum absolute atomic E-state index is 0.0721. The summed E-state index contributed by atoms with van der Waals surface area (Å²) in [6.45, 7) is 2.65. The molecule has 0 bridgehead atoms. The third-order valence-corrected chi connectivity index (χ3v) is 4.11. The third kappa shape index (κ3) is 5.41. The molecule has 0 aliphatic rings. The van der Waals surface area contributed by atoms with Gasteiger partial charge in [-0.25, -0.2) is 0 Å². The first kappa shape index (κ1) is 18.6. The molecule has 2 aromatic rings. The maximum absolute atomic E-state index is 10.9. The van der Waals surface area contributed by atoms with Gasteiger partial charge in [0.15, 0.2) is 0 Å². The molecule has 0 unspecified atom stereocenters. The fraction of sp³-hybridized carbons (Fsp3) is 0.278. The summed E-state index contributed by atoms with van der Waals surface area (Å²) in [5.41, 5.74) is 1.72. The first-order valence-corrected chi connectivity index (χ1v) is 8.25. The molecule has 6 heteroatoms. The van der Waals surface area contributed by atoms with Crippen molar-refractivity contribution in [3.05, 3.63) is 63.6 Å². The lowest BCUT2D eigenvalue weighted by Crippen LogP contribution is -2.10. The SMILES string of the molecule is CCO[C@@H](CC(=O)O)c1ccc(OCc2ccc(Cl)c(Cl)c2)cc1. The molecular formula is C18H18Cl2O4. The van der Waals surface area contributed by atoms with Crippen LogP contribution in [0.5, 0.6) is 5.75 Å². The molecule has 0 saturated heterocycles. The van der Waals surface area contributed by atoms with Crippen LogP contribution in [0.15, 0.2) is 42.5 Å². The van der Waals surface area contributed by atoms with E-state index in [0.29, 0.717) is 29.0 Å². The Balaban J connectivity index is 2.00. The average molecular weight is 369 g/mol. The summed E-state index contributed by atoms with van der Waals surface area (Å²) in [5, 5.41) is 9.95. The largest absolute Gasteiger partial charge is 0.489 e. The third-order valence-electron chi connectivity index (χ3n) is 3.37. The molecule has 0 fully saturated rings. The van der Waals surface area contributed by atoms with E-state index in [1.165, 1.54) is 0 Å². The quantitative estimate of drug-likeness (QED) is 0.701. The molecule has 0 heterocycles. The lowest BCUT2D eigenvalue weighted by molar-refractivity contribution is -0.140. The van der Waals surface area contributed by atoms with E-state index in [2.05, 4.69) is 0 Å². The smallest absolute Gasteiger partial charge is 0.306 e. The van der Waals surface area contributed by atoms with Gasteiger partial charge < -0.3 is 14.6 Å². The first-order chi connectivity index (χ1) is 11.5. The monoisotopic (exact) mass is 368 g/mol. The summed E-state index contributed by atoms with van der Waals surface area (Å²) in [7, 11) is 0. The number of hydrogen-bond donors (Lipinski definition) is 1. The molecule has 0 amide bonds. The van der Waals surface area contributed by atoms with E-state index in [0.717, 1.165) is 11.1 Å². The number of carboxylic acid groups (broad SMARTS) is 1. The van der Waals surface area contributed by atoms with Crippen LogP contribution >= 0.6 is 23.2 Å². The summed E-state index contributed by atoms with van der Waals surface area (Å²) in [4.78, 5) is 10.9. The van der Waals surface area contributed by atoms with E-state index < -0.39 is 12.1 Å². The highest BCUT2D eigenvalue weighted by Gasteiger charge is 2.15. The predicted molar refractivity (Wildman–Crippen MR) is 93.9 cm³/mol. The molecule has 2 aromatic carbocycles. The van der Waals surface area contributed by atoms with Crippen molar-refractivity contribution < 1.29 is 19.4 Å². The molecule has 0 aliphatic heterocycles. The highest BCUT2D eigenvalue weighted by Crippen LogP contribution is 2.25. The zero-order valence-corrected chi connectivity index (χ0v) is 14.7. The Hall–Kier alpha value is -1.75. The van der Waals surface area contributed by atoms with Crippen LogP contribution in [-0.2, 0) is 16.1 Å². The van der Waals surface area contributed by atoms with E-state index >= 15 is 0 Å². The number of ether oxygens (including phenoxy) is 2. The standard InChI is InChI=1S/C18H18Cl2O4/c1-2-23-17(10-18(21)22)13-4-6-14(7-5-13)24-11-12-3-8-15(19)16(20)9-12/h3-9,17H,2,10-11H2,1H3,(H,21,22)/t17-/m0/s1. The van der Waals surface area contributed by atoms with Gasteiger partial charge in [0, 0.05) is 6.61 Å². The summed E-state index contributed by atoms with van der Waals surface area (Å²) in [6.07, 6.45) is -0.534. The van der Waals surface area contributed by atoms with Gasteiger partial charge in [-0.05, 0) is 42.3 Å². The van der Waals surface area contributed by atoms with Crippen molar-refractivity contribution in [2.75, 3.05) is 6.61 Å². The van der Waals surface area contributed by atoms with Crippen LogP contribution in [0.4, 0.5) is 0 Å². The van der Waals surface area contributed by atoms with Gasteiger partial charge in [-0.15, -0.1) is 0 Å². The Kier molecular flexibility index (Phi) is 6.91. The van der Waals surface area contributed by atoms with Crippen LogP contribution in [0.3, 0.4) is 0 Å². The molecule has 0 spiro atoms. The molecule has 2 rings (SSSR count). The average Bonchev–Trinajstić information content (AvgIpc) is 2.56. The molecule has 4 nitrogen and oxygen atoms in total. The topological polar surface area (TPSA) is 55.8 Å². The fourth-order valence-electron chi connectivity index (χ4n) is 2.21. The molecule has 128 valence electrons. The van der Waals surface area contributed by atoms with E-state index in [1.54, 1.807) is 24.3 Å². The zero-order valence-electron chi connectivity index (χ0n) is 13.2.